The van der Waals surface area contributed by atoms with Gasteiger partial charge in [-0.3, -0.25) is 9.59 Å². The molecule has 1 atom stereocenters. The fraction of sp³-hybridized carbons (Fsp3) is 0.448. The van der Waals surface area contributed by atoms with Crippen molar-refractivity contribution in [2.75, 3.05) is 47.5 Å². The summed E-state index contributed by atoms with van der Waals surface area (Å²) in [6.45, 7) is 10.4. The smallest absolute Gasteiger partial charge is 0.295 e. The molecule has 1 amide bonds. The number of Topliss-reactive ketones (excluding diaryl/α,β-unsaturated/α-hetero) is 1. The van der Waals surface area contributed by atoms with Crippen LogP contribution in [-0.2, 0) is 9.59 Å². The molecule has 0 bridgehead atoms. The molecule has 9 heteroatoms. The number of methoxy groups -OCH3 is 3. The molecule has 1 N–H and O–H groups in total. The molecule has 0 aliphatic carbocycles. The number of ketones is 1. The predicted octanol–water partition coefficient (Wildman–Crippen LogP) is 4.26. The van der Waals surface area contributed by atoms with E-state index in [1.807, 2.05) is 27.7 Å². The summed E-state index contributed by atoms with van der Waals surface area (Å²) in [6.07, 6.45) is -0.0720. The van der Waals surface area contributed by atoms with E-state index >= 15 is 0 Å². The number of carbonyl (C=O) groups is 2. The van der Waals surface area contributed by atoms with Gasteiger partial charge >= 0.3 is 0 Å². The number of hydrogen-bond donors (Lipinski definition) is 1. The predicted molar refractivity (Wildman–Crippen MR) is 145 cm³/mol. The molecule has 2 aromatic rings. The zero-order valence-electron chi connectivity index (χ0n) is 23.2. The Bertz CT molecular complexity index is 1160. The number of carbonyl (C=O) groups excluding carboxylic acids is 2. The van der Waals surface area contributed by atoms with Crippen molar-refractivity contribution in [3.05, 3.63) is 53.1 Å². The summed E-state index contributed by atoms with van der Waals surface area (Å²) >= 11 is 0. The Hall–Kier alpha value is -3.72. The second kappa shape index (κ2) is 12.7. The van der Waals surface area contributed by atoms with Crippen molar-refractivity contribution in [3.8, 4) is 23.0 Å². The van der Waals surface area contributed by atoms with Crippen LogP contribution < -0.4 is 18.9 Å². The summed E-state index contributed by atoms with van der Waals surface area (Å²) in [5.74, 6) is -0.0155. The van der Waals surface area contributed by atoms with E-state index in [-0.39, 0.29) is 17.4 Å². The maximum atomic E-state index is 13.5. The van der Waals surface area contributed by atoms with Gasteiger partial charge in [0, 0.05) is 18.7 Å². The van der Waals surface area contributed by atoms with Gasteiger partial charge in [-0.2, -0.15) is 0 Å². The van der Waals surface area contributed by atoms with Crippen LogP contribution in [-0.4, -0.2) is 80.2 Å². The fourth-order valence-corrected chi connectivity index (χ4v) is 4.65. The molecule has 0 saturated carbocycles. The van der Waals surface area contributed by atoms with E-state index in [1.54, 1.807) is 36.4 Å². The van der Waals surface area contributed by atoms with Crippen LogP contribution in [0.15, 0.2) is 42.0 Å². The average Bonchev–Trinajstić information content (AvgIpc) is 3.17. The van der Waals surface area contributed by atoms with E-state index in [9.17, 15) is 14.7 Å². The normalized spacial score (nSPS) is 16.9. The average molecular weight is 527 g/mol. The molecule has 0 radical (unpaired) electrons. The van der Waals surface area contributed by atoms with E-state index in [2.05, 4.69) is 4.90 Å². The van der Waals surface area contributed by atoms with Crippen molar-refractivity contribution < 1.29 is 33.6 Å². The molecule has 1 aliphatic rings. The van der Waals surface area contributed by atoms with Crippen LogP contribution in [0.2, 0.25) is 0 Å². The fourth-order valence-electron chi connectivity index (χ4n) is 4.65. The molecule has 1 heterocycles. The number of amides is 1. The lowest BCUT2D eigenvalue weighted by Crippen LogP contribution is -2.38. The molecule has 1 fully saturated rings. The van der Waals surface area contributed by atoms with Gasteiger partial charge in [0.25, 0.3) is 11.7 Å². The van der Waals surface area contributed by atoms with E-state index < -0.39 is 17.7 Å². The van der Waals surface area contributed by atoms with Crippen molar-refractivity contribution in [2.24, 2.45) is 0 Å². The third-order valence-electron chi connectivity index (χ3n) is 6.57. The Balaban J connectivity index is 2.22. The van der Waals surface area contributed by atoms with Gasteiger partial charge in [0.1, 0.15) is 11.5 Å². The zero-order valence-corrected chi connectivity index (χ0v) is 23.2. The van der Waals surface area contributed by atoms with Gasteiger partial charge in [-0.05, 0) is 56.8 Å². The first-order chi connectivity index (χ1) is 18.2. The van der Waals surface area contributed by atoms with Crippen LogP contribution in [0.1, 0.15) is 44.9 Å². The minimum absolute atomic E-state index is 0.00878. The maximum absolute atomic E-state index is 13.5. The number of likely N-dealkylation sites (N-methyl/N-ethyl adjacent to an activating group) is 1. The number of benzene rings is 2. The van der Waals surface area contributed by atoms with Crippen LogP contribution in [0.4, 0.5) is 0 Å². The van der Waals surface area contributed by atoms with E-state index in [0.29, 0.717) is 47.2 Å². The summed E-state index contributed by atoms with van der Waals surface area (Å²) in [4.78, 5) is 30.5. The molecule has 206 valence electrons. The maximum Gasteiger partial charge on any atom is 0.295 e. The van der Waals surface area contributed by atoms with Crippen molar-refractivity contribution in [2.45, 2.75) is 39.8 Å². The number of rotatable bonds is 12. The number of aliphatic hydroxyl groups is 1. The van der Waals surface area contributed by atoms with Crippen LogP contribution in [0, 0.1) is 0 Å². The molecule has 1 saturated heterocycles. The Morgan fingerprint density at radius 2 is 1.63 bits per heavy atom. The lowest BCUT2D eigenvalue weighted by atomic mass is 9.94. The second-order valence-corrected chi connectivity index (χ2v) is 9.17. The van der Waals surface area contributed by atoms with E-state index in [1.165, 1.54) is 26.2 Å². The Labute approximate surface area is 224 Å². The van der Waals surface area contributed by atoms with Gasteiger partial charge in [0.2, 0.25) is 5.75 Å². The molecule has 9 nitrogen and oxygen atoms in total. The molecule has 1 unspecified atom stereocenters. The molecule has 0 spiro atoms. The van der Waals surface area contributed by atoms with Crippen molar-refractivity contribution in [1.29, 1.82) is 0 Å². The van der Waals surface area contributed by atoms with Crippen LogP contribution in [0.5, 0.6) is 23.0 Å². The lowest BCUT2D eigenvalue weighted by molar-refractivity contribution is -0.140. The van der Waals surface area contributed by atoms with Crippen molar-refractivity contribution in [1.82, 2.24) is 9.80 Å². The van der Waals surface area contributed by atoms with Crippen LogP contribution >= 0.6 is 0 Å². The summed E-state index contributed by atoms with van der Waals surface area (Å²) < 4.78 is 22.3. The minimum Gasteiger partial charge on any atom is -0.507 e. The van der Waals surface area contributed by atoms with Gasteiger partial charge in [-0.1, -0.05) is 26.0 Å². The first-order valence-electron chi connectivity index (χ1n) is 12.8. The molecule has 0 aromatic heterocycles. The topological polar surface area (TPSA) is 97.8 Å². The highest BCUT2D eigenvalue weighted by molar-refractivity contribution is 6.46. The van der Waals surface area contributed by atoms with Crippen LogP contribution in [0.3, 0.4) is 0 Å². The highest BCUT2D eigenvalue weighted by atomic mass is 16.5. The first kappa shape index (κ1) is 28.8. The highest BCUT2D eigenvalue weighted by Crippen LogP contribution is 2.45. The number of aliphatic hydroxyl groups excluding tert-OH is 1. The standard InChI is InChI=1S/C29H38N2O7/c1-8-30(9-2)13-14-31-25(20-16-22(35-5)28(37-7)23(17-20)36-6)24(27(33)29(31)34)26(32)19-11-10-12-21(15-19)38-18(3)4/h10-12,15-18,25,32H,8-9,13-14H2,1-7H3/b26-24+. The summed E-state index contributed by atoms with van der Waals surface area (Å²) in [6, 6.07) is 9.38. The van der Waals surface area contributed by atoms with Gasteiger partial charge in [0.05, 0.1) is 39.0 Å². The zero-order chi connectivity index (χ0) is 28.0. The summed E-state index contributed by atoms with van der Waals surface area (Å²) in [5, 5.41) is 11.5. The van der Waals surface area contributed by atoms with Gasteiger partial charge < -0.3 is 33.9 Å². The minimum atomic E-state index is -0.867. The summed E-state index contributed by atoms with van der Waals surface area (Å²) in [5.41, 5.74) is 0.919. The first-order valence-corrected chi connectivity index (χ1v) is 12.8. The van der Waals surface area contributed by atoms with Crippen molar-refractivity contribution >= 4 is 17.4 Å². The monoisotopic (exact) mass is 526 g/mol. The van der Waals surface area contributed by atoms with E-state index in [4.69, 9.17) is 18.9 Å². The molecule has 1 aliphatic heterocycles. The number of hydrogen-bond acceptors (Lipinski definition) is 8. The second-order valence-electron chi connectivity index (χ2n) is 9.17. The van der Waals surface area contributed by atoms with E-state index in [0.717, 1.165) is 13.1 Å². The van der Waals surface area contributed by atoms with Gasteiger partial charge in [0.15, 0.2) is 11.5 Å². The van der Waals surface area contributed by atoms with Crippen molar-refractivity contribution in [3.63, 3.8) is 0 Å². The summed E-state index contributed by atoms with van der Waals surface area (Å²) in [7, 11) is 4.50. The van der Waals surface area contributed by atoms with Crippen LogP contribution in [0.25, 0.3) is 5.76 Å². The third-order valence-corrected chi connectivity index (χ3v) is 6.57. The van der Waals surface area contributed by atoms with Gasteiger partial charge in [-0.15, -0.1) is 0 Å². The lowest BCUT2D eigenvalue weighted by Gasteiger charge is -2.29. The number of likely N-dealkylation sites (tertiary alicyclic amines) is 1. The highest BCUT2D eigenvalue weighted by Gasteiger charge is 2.46. The number of nitrogens with zero attached hydrogens (tertiary/aromatic N) is 2. The third kappa shape index (κ3) is 5.88. The Kier molecular flexibility index (Phi) is 9.63. The molecule has 38 heavy (non-hydrogen) atoms. The number of ether oxygens (including phenoxy) is 4. The largest absolute Gasteiger partial charge is 0.507 e. The SMILES string of the molecule is CCN(CC)CCN1C(=O)C(=O)/C(=C(/O)c2cccc(OC(C)C)c2)C1c1cc(OC)c(OC)c(OC)c1. The van der Waals surface area contributed by atoms with Gasteiger partial charge in [-0.25, -0.2) is 0 Å². The molecular formula is C29H38N2O7. The Morgan fingerprint density at radius 1 is 1.00 bits per heavy atom. The molecule has 2 aromatic carbocycles. The quantitative estimate of drug-likeness (QED) is 0.249. The Morgan fingerprint density at radius 3 is 2.16 bits per heavy atom. The molecule has 3 rings (SSSR count). The molecular weight excluding hydrogens is 488 g/mol.